The zero-order valence-corrected chi connectivity index (χ0v) is 13.9. The summed E-state index contributed by atoms with van der Waals surface area (Å²) < 4.78 is 34.0. The molecular formula is C17H18ClNO4. The van der Waals surface area contributed by atoms with Gasteiger partial charge in [0.25, 0.3) is 0 Å². The number of hydrogen-bond donors (Lipinski definition) is 1. The molecule has 5 nitrogen and oxygen atoms in total. The Morgan fingerprint density at radius 1 is 0.870 bits per heavy atom. The van der Waals surface area contributed by atoms with E-state index in [4.69, 9.17) is 18.6 Å². The number of fused-ring (bicyclic) bond motifs is 1. The van der Waals surface area contributed by atoms with E-state index in [1.54, 1.807) is 0 Å². The Morgan fingerprint density at radius 3 is 2.00 bits per heavy atom. The van der Waals surface area contributed by atoms with Crippen LogP contribution in [0.3, 0.4) is 0 Å². The molecule has 23 heavy (non-hydrogen) atoms. The molecule has 0 amide bonds. The Bertz CT molecular complexity index is 698. The maximum absolute atomic E-state index is 8.49. The number of halogens is 1. The SMILES string of the molecule is Cc1cc(C)c(C2=CC=C3C=CC=C[NH+]32)c(C)c1.[O-][Cl+3]([O-])([O-])[O-]. The summed E-state index contributed by atoms with van der Waals surface area (Å²) >= 11 is 0. The van der Waals surface area contributed by atoms with Crippen molar-refractivity contribution in [1.82, 2.24) is 0 Å². The summed E-state index contributed by atoms with van der Waals surface area (Å²) in [6.07, 6.45) is 13.1. The topological polar surface area (TPSA) is 96.7 Å². The van der Waals surface area contributed by atoms with Gasteiger partial charge in [-0.3, -0.25) is 0 Å². The molecule has 6 heteroatoms. The second-order valence-electron chi connectivity index (χ2n) is 5.49. The lowest BCUT2D eigenvalue weighted by atomic mass is 9.97. The first kappa shape index (κ1) is 17.6. The van der Waals surface area contributed by atoms with Crippen LogP contribution >= 0.6 is 0 Å². The normalized spacial score (nSPS) is 18.8. The van der Waals surface area contributed by atoms with Gasteiger partial charge in [0.1, 0.15) is 17.6 Å². The molecule has 1 aromatic carbocycles. The van der Waals surface area contributed by atoms with E-state index in [9.17, 15) is 0 Å². The van der Waals surface area contributed by atoms with E-state index in [1.165, 1.54) is 38.5 Å². The van der Waals surface area contributed by atoms with E-state index >= 15 is 0 Å². The molecule has 0 aliphatic carbocycles. The number of hydrogen-bond acceptors (Lipinski definition) is 4. The zero-order chi connectivity index (χ0) is 17.2. The van der Waals surface area contributed by atoms with Crippen LogP contribution in [-0.2, 0) is 0 Å². The van der Waals surface area contributed by atoms with Crippen LogP contribution in [0.5, 0.6) is 0 Å². The first-order chi connectivity index (χ1) is 10.7. The maximum Gasteiger partial charge on any atom is 0.148 e. The van der Waals surface area contributed by atoms with E-state index in [-0.39, 0.29) is 0 Å². The van der Waals surface area contributed by atoms with Crippen molar-refractivity contribution in [3.05, 3.63) is 76.7 Å². The van der Waals surface area contributed by atoms with Gasteiger partial charge in [-0.2, -0.15) is 0 Å². The summed E-state index contributed by atoms with van der Waals surface area (Å²) in [5.41, 5.74) is 8.14. The minimum atomic E-state index is -4.94. The van der Waals surface area contributed by atoms with Crippen LogP contribution in [0.2, 0.25) is 0 Å². The molecule has 0 aromatic heterocycles. The molecule has 0 radical (unpaired) electrons. The molecule has 1 atom stereocenters. The van der Waals surface area contributed by atoms with Gasteiger partial charge in [0.2, 0.25) is 0 Å². The lowest BCUT2D eigenvalue weighted by Gasteiger charge is -2.19. The van der Waals surface area contributed by atoms with Gasteiger partial charge < -0.3 is 0 Å². The van der Waals surface area contributed by atoms with E-state index < -0.39 is 10.2 Å². The van der Waals surface area contributed by atoms with Crippen LogP contribution in [0.25, 0.3) is 5.70 Å². The number of nitrogens with one attached hydrogen (secondary N) is 1. The standard InChI is InChI=1S/C17H17N.ClHO4/c1-12-10-13(2)17(14(3)11-12)16-8-7-15-6-4-5-9-18(15)16;2-1(3,4)5/h4-11H,1-3H3;(H,2,3,4,5). The first-order valence-corrected chi connectivity index (χ1v) is 8.24. The predicted octanol–water partition coefficient (Wildman–Crippen LogP) is -1.94. The Hall–Kier alpha value is -1.73. The number of rotatable bonds is 1. The van der Waals surface area contributed by atoms with Gasteiger partial charge in [0, 0.05) is 23.8 Å². The lowest BCUT2D eigenvalue weighted by molar-refractivity contribution is -2.00. The molecule has 2 heterocycles. The largest absolute Gasteiger partial charge is 0.244 e. The van der Waals surface area contributed by atoms with Gasteiger partial charge in [-0.05, 0) is 38.0 Å². The molecule has 3 rings (SSSR count). The predicted molar refractivity (Wildman–Crippen MR) is 76.0 cm³/mol. The van der Waals surface area contributed by atoms with Crippen molar-refractivity contribution in [2.45, 2.75) is 20.8 Å². The van der Waals surface area contributed by atoms with Crippen LogP contribution in [0.4, 0.5) is 0 Å². The van der Waals surface area contributed by atoms with Gasteiger partial charge in [-0.15, -0.1) is 10.2 Å². The van der Waals surface area contributed by atoms with Crippen LogP contribution in [-0.4, -0.2) is 0 Å². The summed E-state index contributed by atoms with van der Waals surface area (Å²) in [5, 5.41) is 0. The third-order valence-corrected chi connectivity index (χ3v) is 3.63. The Kier molecular flexibility index (Phi) is 5.21. The highest BCUT2D eigenvalue weighted by Gasteiger charge is 2.26. The molecule has 1 aromatic rings. The Balaban J connectivity index is 0.000000338. The summed E-state index contributed by atoms with van der Waals surface area (Å²) in [6, 6.07) is 4.54. The van der Waals surface area contributed by atoms with Crippen LogP contribution in [0, 0.1) is 31.0 Å². The van der Waals surface area contributed by atoms with Crippen molar-refractivity contribution < 1.29 is 33.8 Å². The third kappa shape index (κ3) is 4.62. The van der Waals surface area contributed by atoms with E-state index in [0.717, 1.165) is 0 Å². The van der Waals surface area contributed by atoms with Crippen molar-refractivity contribution in [2.24, 2.45) is 0 Å². The second-order valence-corrected chi connectivity index (χ2v) is 6.24. The molecule has 1 N–H and O–H groups in total. The summed E-state index contributed by atoms with van der Waals surface area (Å²) in [5.74, 6) is 0. The fraction of sp³-hybridized carbons (Fsp3) is 0.176. The fourth-order valence-corrected chi connectivity index (χ4v) is 2.97. The highest BCUT2D eigenvalue weighted by atomic mass is 35.7. The average molecular weight is 336 g/mol. The quantitative estimate of drug-likeness (QED) is 0.646. The van der Waals surface area contributed by atoms with E-state index in [1.807, 2.05) is 0 Å². The van der Waals surface area contributed by atoms with Crippen LogP contribution in [0.15, 0.2) is 54.4 Å². The molecule has 2 aliphatic heterocycles. The molecule has 0 fully saturated rings. The van der Waals surface area contributed by atoms with Crippen molar-refractivity contribution in [2.75, 3.05) is 0 Å². The van der Waals surface area contributed by atoms with Crippen LogP contribution < -0.4 is 23.5 Å². The van der Waals surface area contributed by atoms with E-state index in [0.29, 0.717) is 0 Å². The van der Waals surface area contributed by atoms with Gasteiger partial charge in [-0.25, -0.2) is 23.5 Å². The molecule has 0 bridgehead atoms. The minimum absolute atomic E-state index is 1.33. The molecule has 2 aliphatic rings. The number of benzene rings is 1. The first-order valence-electron chi connectivity index (χ1n) is 7.01. The summed E-state index contributed by atoms with van der Waals surface area (Å²) in [7, 11) is -4.94. The van der Waals surface area contributed by atoms with Gasteiger partial charge >= 0.3 is 0 Å². The van der Waals surface area contributed by atoms with Crippen molar-refractivity contribution in [3.8, 4) is 0 Å². The van der Waals surface area contributed by atoms with E-state index in [2.05, 4.69) is 69.5 Å². The summed E-state index contributed by atoms with van der Waals surface area (Å²) in [4.78, 5) is 1.35. The molecule has 0 saturated carbocycles. The molecule has 0 spiro atoms. The molecule has 1 unspecified atom stereocenters. The number of quaternary nitrogens is 1. The molecular weight excluding hydrogens is 318 g/mol. The van der Waals surface area contributed by atoms with Crippen molar-refractivity contribution in [1.29, 1.82) is 0 Å². The zero-order valence-electron chi connectivity index (χ0n) is 13.1. The molecule has 0 saturated heterocycles. The third-order valence-electron chi connectivity index (χ3n) is 3.63. The molecule has 122 valence electrons. The van der Waals surface area contributed by atoms with Crippen LogP contribution in [0.1, 0.15) is 22.3 Å². The van der Waals surface area contributed by atoms with Gasteiger partial charge in [0.05, 0.1) is 0 Å². The Morgan fingerprint density at radius 2 is 1.43 bits per heavy atom. The number of allylic oxidation sites excluding steroid dienone is 5. The second kappa shape index (κ2) is 6.80. The van der Waals surface area contributed by atoms with Crippen molar-refractivity contribution >= 4 is 5.70 Å². The van der Waals surface area contributed by atoms with Gasteiger partial charge in [0.15, 0.2) is 0 Å². The monoisotopic (exact) mass is 335 g/mol. The minimum Gasteiger partial charge on any atom is -0.244 e. The number of aryl methyl sites for hydroxylation is 3. The Labute approximate surface area is 137 Å². The lowest BCUT2D eigenvalue weighted by Crippen LogP contribution is -3.02. The van der Waals surface area contributed by atoms with Gasteiger partial charge in [-0.1, -0.05) is 23.8 Å². The summed E-state index contributed by atoms with van der Waals surface area (Å²) in [6.45, 7) is 6.57. The highest BCUT2D eigenvalue weighted by molar-refractivity contribution is 5.69. The smallest absolute Gasteiger partial charge is 0.148 e. The highest BCUT2D eigenvalue weighted by Crippen LogP contribution is 2.24. The van der Waals surface area contributed by atoms with Crippen molar-refractivity contribution in [3.63, 3.8) is 0 Å². The average Bonchev–Trinajstić information content (AvgIpc) is 2.80. The fourth-order valence-electron chi connectivity index (χ4n) is 2.97. The maximum atomic E-state index is 8.49.